The van der Waals surface area contributed by atoms with Gasteiger partial charge in [0.1, 0.15) is 0 Å². The fourth-order valence-corrected chi connectivity index (χ4v) is 1.66. The zero-order chi connectivity index (χ0) is 11.8. The Morgan fingerprint density at radius 2 is 2.07 bits per heavy atom. The van der Waals surface area contributed by atoms with Crippen molar-refractivity contribution in [1.82, 2.24) is 10.6 Å². The maximum Gasteiger partial charge on any atom is 0.239 e. The van der Waals surface area contributed by atoms with Gasteiger partial charge in [-0.15, -0.1) is 0 Å². The molecular weight excluding hydrogens is 216 g/mol. The molecule has 0 saturated heterocycles. The van der Waals surface area contributed by atoms with Gasteiger partial charge in [0.2, 0.25) is 11.8 Å². The van der Waals surface area contributed by atoms with Crippen molar-refractivity contribution in [2.75, 3.05) is 19.4 Å². The Balaban J connectivity index is 3.89. The van der Waals surface area contributed by atoms with E-state index in [-0.39, 0.29) is 36.3 Å². The summed E-state index contributed by atoms with van der Waals surface area (Å²) in [7, 11) is 0. The van der Waals surface area contributed by atoms with Crippen molar-refractivity contribution < 1.29 is 14.7 Å². The first kappa shape index (κ1) is 14.2. The molecule has 0 aromatic carbocycles. The molecule has 2 atom stereocenters. The molecule has 0 saturated carbocycles. The van der Waals surface area contributed by atoms with Gasteiger partial charge in [-0.2, -0.15) is 11.8 Å². The summed E-state index contributed by atoms with van der Waals surface area (Å²) in [6.07, 6.45) is 1.87. The Morgan fingerprint density at radius 1 is 1.47 bits per heavy atom. The first-order chi connectivity index (χ1) is 7.01. The molecule has 0 heterocycles. The molecule has 0 aromatic rings. The Bertz CT molecular complexity index is 219. The molecule has 15 heavy (non-hydrogen) atoms. The van der Waals surface area contributed by atoms with Crippen molar-refractivity contribution in [3.8, 4) is 0 Å². The Kier molecular flexibility index (Phi) is 7.15. The van der Waals surface area contributed by atoms with E-state index in [9.17, 15) is 9.59 Å². The van der Waals surface area contributed by atoms with Crippen molar-refractivity contribution in [3.05, 3.63) is 0 Å². The molecule has 0 radical (unpaired) electrons. The van der Waals surface area contributed by atoms with E-state index in [2.05, 4.69) is 10.6 Å². The number of rotatable bonds is 6. The number of aliphatic hydroxyl groups excluding tert-OH is 1. The highest BCUT2D eigenvalue weighted by molar-refractivity contribution is 7.99. The number of thioether (sulfide) groups is 1. The van der Waals surface area contributed by atoms with Crippen molar-refractivity contribution in [3.63, 3.8) is 0 Å². The highest BCUT2D eigenvalue weighted by Gasteiger charge is 2.16. The van der Waals surface area contributed by atoms with Crippen molar-refractivity contribution in [1.29, 1.82) is 0 Å². The molecule has 0 spiro atoms. The van der Waals surface area contributed by atoms with E-state index >= 15 is 0 Å². The molecule has 0 aliphatic carbocycles. The van der Waals surface area contributed by atoms with Crippen LogP contribution in [0.1, 0.15) is 13.8 Å². The third-order valence-corrected chi connectivity index (χ3v) is 3.09. The molecule has 2 amide bonds. The summed E-state index contributed by atoms with van der Waals surface area (Å²) in [5, 5.41) is 14.1. The summed E-state index contributed by atoms with van der Waals surface area (Å²) >= 11 is 1.49. The van der Waals surface area contributed by atoms with Gasteiger partial charge in [0, 0.05) is 18.2 Å². The molecule has 3 N–H and O–H groups in total. The number of aliphatic hydroxyl groups is 1. The molecule has 0 aliphatic rings. The lowest BCUT2D eigenvalue weighted by molar-refractivity contribution is -0.125. The number of hydrogen-bond donors (Lipinski definition) is 3. The van der Waals surface area contributed by atoms with Gasteiger partial charge in [-0.1, -0.05) is 0 Å². The lowest BCUT2D eigenvalue weighted by Crippen LogP contribution is -2.45. The zero-order valence-electron chi connectivity index (χ0n) is 9.24. The quantitative estimate of drug-likeness (QED) is 0.571. The Hall–Kier alpha value is -0.750. The zero-order valence-corrected chi connectivity index (χ0v) is 10.1. The average Bonchev–Trinajstić information content (AvgIpc) is 2.16. The molecule has 2 unspecified atom stereocenters. The van der Waals surface area contributed by atoms with Crippen LogP contribution in [0.2, 0.25) is 0 Å². The topological polar surface area (TPSA) is 78.4 Å². The third-order valence-electron chi connectivity index (χ3n) is 1.93. The Morgan fingerprint density at radius 3 is 2.47 bits per heavy atom. The minimum absolute atomic E-state index is 0.0166. The molecular formula is C9H18N2O3S. The van der Waals surface area contributed by atoms with Gasteiger partial charge in [-0.05, 0) is 13.2 Å². The van der Waals surface area contributed by atoms with E-state index in [0.29, 0.717) is 0 Å². The third kappa shape index (κ3) is 6.35. The fourth-order valence-electron chi connectivity index (χ4n) is 1.04. The van der Waals surface area contributed by atoms with Crippen LogP contribution in [0, 0.1) is 0 Å². The van der Waals surface area contributed by atoms with Gasteiger partial charge < -0.3 is 15.7 Å². The van der Waals surface area contributed by atoms with E-state index in [1.807, 2.05) is 13.2 Å². The van der Waals surface area contributed by atoms with Gasteiger partial charge in [0.15, 0.2) is 0 Å². The molecule has 6 heteroatoms. The van der Waals surface area contributed by atoms with E-state index in [0.717, 1.165) is 0 Å². The minimum atomic E-state index is -0.245. The SMILES string of the molecule is CSC(CO)C(C)NC(=O)CNC(C)=O. The van der Waals surface area contributed by atoms with Crippen LogP contribution in [0.5, 0.6) is 0 Å². The van der Waals surface area contributed by atoms with Gasteiger partial charge in [-0.25, -0.2) is 0 Å². The summed E-state index contributed by atoms with van der Waals surface area (Å²) in [5.41, 5.74) is 0. The summed E-state index contributed by atoms with van der Waals surface area (Å²) in [5.74, 6) is -0.480. The van der Waals surface area contributed by atoms with E-state index in [4.69, 9.17) is 5.11 Å². The molecule has 5 nitrogen and oxygen atoms in total. The van der Waals surface area contributed by atoms with Crippen LogP contribution >= 0.6 is 11.8 Å². The average molecular weight is 234 g/mol. The predicted octanol–water partition coefficient (Wildman–Crippen LogP) is -0.649. The van der Waals surface area contributed by atoms with Gasteiger partial charge in [0.25, 0.3) is 0 Å². The first-order valence-electron chi connectivity index (χ1n) is 4.68. The summed E-state index contributed by atoms with van der Waals surface area (Å²) in [6.45, 7) is 3.17. The molecule has 0 bridgehead atoms. The van der Waals surface area contributed by atoms with Gasteiger partial charge in [-0.3, -0.25) is 9.59 Å². The van der Waals surface area contributed by atoms with Crippen LogP contribution in [0.4, 0.5) is 0 Å². The molecule has 88 valence electrons. The van der Waals surface area contributed by atoms with Gasteiger partial charge in [0.05, 0.1) is 13.2 Å². The van der Waals surface area contributed by atoms with Crippen molar-refractivity contribution >= 4 is 23.6 Å². The number of amides is 2. The van der Waals surface area contributed by atoms with Crippen molar-refractivity contribution in [2.24, 2.45) is 0 Å². The van der Waals surface area contributed by atoms with Gasteiger partial charge >= 0.3 is 0 Å². The Labute approximate surface area is 94.0 Å². The highest BCUT2D eigenvalue weighted by Crippen LogP contribution is 2.09. The fraction of sp³-hybridized carbons (Fsp3) is 0.778. The van der Waals surface area contributed by atoms with Crippen LogP contribution in [-0.4, -0.2) is 47.6 Å². The normalized spacial score (nSPS) is 14.1. The number of carbonyl (C=O) groups is 2. The smallest absolute Gasteiger partial charge is 0.239 e. The molecule has 0 aliphatic heterocycles. The molecule has 0 aromatic heterocycles. The second kappa shape index (κ2) is 7.53. The standard InChI is InChI=1S/C9H18N2O3S/c1-6(8(5-12)15-3)11-9(14)4-10-7(2)13/h6,8,12H,4-5H2,1-3H3,(H,10,13)(H,11,14). The minimum Gasteiger partial charge on any atom is -0.395 e. The van der Waals surface area contributed by atoms with Crippen LogP contribution in [-0.2, 0) is 9.59 Å². The monoisotopic (exact) mass is 234 g/mol. The van der Waals surface area contributed by atoms with Crippen LogP contribution in [0.25, 0.3) is 0 Å². The largest absolute Gasteiger partial charge is 0.395 e. The molecule has 0 rings (SSSR count). The predicted molar refractivity (Wildman–Crippen MR) is 60.7 cm³/mol. The van der Waals surface area contributed by atoms with Crippen LogP contribution in [0.3, 0.4) is 0 Å². The molecule has 0 fully saturated rings. The van der Waals surface area contributed by atoms with Crippen LogP contribution < -0.4 is 10.6 Å². The highest BCUT2D eigenvalue weighted by atomic mass is 32.2. The van der Waals surface area contributed by atoms with Crippen molar-refractivity contribution in [2.45, 2.75) is 25.1 Å². The number of nitrogens with one attached hydrogen (secondary N) is 2. The first-order valence-corrected chi connectivity index (χ1v) is 5.97. The van der Waals surface area contributed by atoms with E-state index in [1.54, 1.807) is 0 Å². The van der Waals surface area contributed by atoms with E-state index in [1.165, 1.54) is 18.7 Å². The van der Waals surface area contributed by atoms with Crippen LogP contribution in [0.15, 0.2) is 0 Å². The lowest BCUT2D eigenvalue weighted by atomic mass is 10.2. The summed E-state index contributed by atoms with van der Waals surface area (Å²) < 4.78 is 0. The van der Waals surface area contributed by atoms with E-state index < -0.39 is 0 Å². The second-order valence-corrected chi connectivity index (χ2v) is 4.30. The summed E-state index contributed by atoms with van der Waals surface area (Å²) in [4.78, 5) is 21.8. The maximum atomic E-state index is 11.3. The number of carbonyl (C=O) groups excluding carboxylic acids is 2. The second-order valence-electron chi connectivity index (χ2n) is 3.22. The lowest BCUT2D eigenvalue weighted by Gasteiger charge is -2.21. The summed E-state index contributed by atoms with van der Waals surface area (Å²) in [6, 6.07) is -0.119. The maximum absolute atomic E-state index is 11.3. The number of hydrogen-bond acceptors (Lipinski definition) is 4.